The Morgan fingerprint density at radius 3 is 2.67 bits per heavy atom. The highest BCUT2D eigenvalue weighted by molar-refractivity contribution is 5.88. The van der Waals surface area contributed by atoms with E-state index in [1.54, 1.807) is 0 Å². The highest BCUT2D eigenvalue weighted by Crippen LogP contribution is 2.17. The van der Waals surface area contributed by atoms with Gasteiger partial charge in [0.25, 0.3) is 0 Å². The van der Waals surface area contributed by atoms with E-state index in [2.05, 4.69) is 27.8 Å². The molecule has 1 saturated heterocycles. The zero-order valence-corrected chi connectivity index (χ0v) is 16.9. The molecule has 0 radical (unpaired) electrons. The topological polar surface area (TPSA) is 73.5 Å². The smallest absolute Gasteiger partial charge is 0.315 e. The molecule has 1 atom stereocenters. The summed E-state index contributed by atoms with van der Waals surface area (Å²) in [5, 5.41) is 8.65. The van der Waals surface area contributed by atoms with Gasteiger partial charge in [0.15, 0.2) is 0 Å². The van der Waals surface area contributed by atoms with Gasteiger partial charge in [-0.15, -0.1) is 0 Å². The van der Waals surface area contributed by atoms with Crippen LogP contribution in [0.5, 0.6) is 0 Å². The normalized spacial score (nSPS) is 16.6. The summed E-state index contributed by atoms with van der Waals surface area (Å²) in [4.78, 5) is 25.8. The number of amides is 3. The van der Waals surface area contributed by atoms with Crippen LogP contribution in [0.1, 0.15) is 58.1 Å². The monoisotopic (exact) mass is 374 g/mol. The number of carbonyl (C=O) groups excluding carboxylic acids is 2. The van der Waals surface area contributed by atoms with Gasteiger partial charge in [-0.3, -0.25) is 4.79 Å². The molecule has 0 aliphatic carbocycles. The summed E-state index contributed by atoms with van der Waals surface area (Å²) in [6, 6.07) is 7.24. The van der Waals surface area contributed by atoms with Gasteiger partial charge in [0, 0.05) is 19.2 Å². The summed E-state index contributed by atoms with van der Waals surface area (Å²) in [5.74, 6) is 0.761. The molecule has 1 aliphatic heterocycles. The molecular weight excluding hydrogens is 340 g/mol. The number of hydrogen-bond donors (Lipinski definition) is 3. The molecule has 6 heteroatoms. The average molecular weight is 375 g/mol. The molecule has 3 amide bonds. The van der Waals surface area contributed by atoms with Gasteiger partial charge in [-0.05, 0) is 75.9 Å². The zero-order valence-electron chi connectivity index (χ0n) is 16.9. The molecule has 1 fully saturated rings. The third-order valence-corrected chi connectivity index (χ3v) is 5.12. The first-order valence-corrected chi connectivity index (χ1v) is 10.1. The summed E-state index contributed by atoms with van der Waals surface area (Å²) < 4.78 is 0. The Morgan fingerprint density at radius 1 is 1.22 bits per heavy atom. The first-order valence-electron chi connectivity index (χ1n) is 10.1. The second kappa shape index (κ2) is 10.9. The van der Waals surface area contributed by atoms with Gasteiger partial charge in [-0.2, -0.15) is 0 Å². The van der Waals surface area contributed by atoms with Crippen molar-refractivity contribution in [3.05, 3.63) is 29.8 Å². The highest BCUT2D eigenvalue weighted by Gasteiger charge is 2.15. The largest absolute Gasteiger partial charge is 0.338 e. The maximum absolute atomic E-state index is 12.1. The minimum atomic E-state index is -0.153. The van der Waals surface area contributed by atoms with Crippen molar-refractivity contribution in [1.29, 1.82) is 0 Å². The van der Waals surface area contributed by atoms with E-state index < -0.39 is 0 Å². The molecule has 27 heavy (non-hydrogen) atoms. The number of urea groups is 1. The molecule has 6 nitrogen and oxygen atoms in total. The number of nitrogens with zero attached hydrogens (tertiary/aromatic N) is 1. The fraction of sp³-hybridized carbons (Fsp3) is 0.619. The molecule has 1 heterocycles. The SMILES string of the molecule is CC(=O)Nc1cccc(C(C)NC(=O)NCCCCN2CCC(C)CC2)c1. The van der Waals surface area contributed by atoms with Crippen molar-refractivity contribution in [3.63, 3.8) is 0 Å². The first-order chi connectivity index (χ1) is 12.9. The lowest BCUT2D eigenvalue weighted by molar-refractivity contribution is -0.114. The summed E-state index contributed by atoms with van der Waals surface area (Å²) in [6.45, 7) is 9.99. The average Bonchev–Trinajstić information content (AvgIpc) is 2.62. The van der Waals surface area contributed by atoms with Crippen LogP contribution in [-0.4, -0.2) is 43.0 Å². The van der Waals surface area contributed by atoms with E-state index >= 15 is 0 Å². The maximum atomic E-state index is 12.1. The van der Waals surface area contributed by atoms with Crippen LogP contribution in [0.2, 0.25) is 0 Å². The van der Waals surface area contributed by atoms with Gasteiger partial charge in [-0.25, -0.2) is 4.79 Å². The molecule has 1 aromatic rings. The Kier molecular flexibility index (Phi) is 8.58. The molecule has 3 N–H and O–H groups in total. The standard InChI is InChI=1S/C21H34N4O2/c1-16-9-13-25(14-10-16)12-5-4-11-22-21(27)23-17(2)19-7-6-8-20(15-19)24-18(3)26/h6-8,15-17H,4-5,9-14H2,1-3H3,(H,24,26)(H2,22,23,27). The second-order valence-corrected chi connectivity index (χ2v) is 7.66. The number of likely N-dealkylation sites (tertiary alicyclic amines) is 1. The lowest BCUT2D eigenvalue weighted by Gasteiger charge is -2.30. The van der Waals surface area contributed by atoms with Crippen molar-refractivity contribution in [1.82, 2.24) is 15.5 Å². The fourth-order valence-corrected chi connectivity index (χ4v) is 3.37. The zero-order chi connectivity index (χ0) is 19.6. The van der Waals surface area contributed by atoms with Crippen LogP contribution in [0.3, 0.4) is 0 Å². The fourth-order valence-electron chi connectivity index (χ4n) is 3.37. The Morgan fingerprint density at radius 2 is 1.96 bits per heavy atom. The molecule has 0 spiro atoms. The van der Waals surface area contributed by atoms with Crippen molar-refractivity contribution in [2.45, 2.75) is 52.5 Å². The molecule has 2 rings (SSSR count). The van der Waals surface area contributed by atoms with Crippen molar-refractivity contribution >= 4 is 17.6 Å². The summed E-state index contributed by atoms with van der Waals surface area (Å²) in [7, 11) is 0. The lowest BCUT2D eigenvalue weighted by atomic mass is 9.99. The number of piperidine rings is 1. The number of anilines is 1. The van der Waals surface area contributed by atoms with Crippen molar-refractivity contribution in [2.75, 3.05) is 31.5 Å². The Bertz CT molecular complexity index is 612. The van der Waals surface area contributed by atoms with Crippen LogP contribution in [-0.2, 0) is 4.79 Å². The number of rotatable bonds is 8. The molecule has 0 bridgehead atoms. The number of nitrogens with one attached hydrogen (secondary N) is 3. The molecule has 1 aliphatic rings. The highest BCUT2D eigenvalue weighted by atomic mass is 16.2. The second-order valence-electron chi connectivity index (χ2n) is 7.66. The van der Waals surface area contributed by atoms with Crippen molar-refractivity contribution in [2.24, 2.45) is 5.92 Å². The van der Waals surface area contributed by atoms with Gasteiger partial charge in [0.2, 0.25) is 5.91 Å². The number of unbranched alkanes of at least 4 members (excludes halogenated alkanes) is 1. The van der Waals surface area contributed by atoms with Crippen LogP contribution >= 0.6 is 0 Å². The molecular formula is C21H34N4O2. The molecule has 150 valence electrons. The summed E-state index contributed by atoms with van der Waals surface area (Å²) >= 11 is 0. The van der Waals surface area contributed by atoms with E-state index in [0.717, 1.165) is 36.6 Å². The number of hydrogen-bond acceptors (Lipinski definition) is 3. The van der Waals surface area contributed by atoms with Crippen LogP contribution in [0.4, 0.5) is 10.5 Å². The number of carbonyl (C=O) groups is 2. The molecule has 1 unspecified atom stereocenters. The Hall–Kier alpha value is -2.08. The van der Waals surface area contributed by atoms with Crippen LogP contribution in [0, 0.1) is 5.92 Å². The predicted octanol–water partition coefficient (Wildman–Crippen LogP) is 3.52. The van der Waals surface area contributed by atoms with E-state index in [4.69, 9.17) is 0 Å². The van der Waals surface area contributed by atoms with E-state index in [-0.39, 0.29) is 18.0 Å². The maximum Gasteiger partial charge on any atom is 0.315 e. The van der Waals surface area contributed by atoms with Crippen molar-refractivity contribution < 1.29 is 9.59 Å². The van der Waals surface area contributed by atoms with Gasteiger partial charge < -0.3 is 20.9 Å². The van der Waals surface area contributed by atoms with Gasteiger partial charge in [-0.1, -0.05) is 19.1 Å². The molecule has 0 saturated carbocycles. The third kappa shape index (κ3) is 7.99. The first kappa shape index (κ1) is 21.2. The Labute approximate surface area is 163 Å². The van der Waals surface area contributed by atoms with E-state index in [9.17, 15) is 9.59 Å². The predicted molar refractivity (Wildman–Crippen MR) is 110 cm³/mol. The van der Waals surface area contributed by atoms with Gasteiger partial charge in [0.1, 0.15) is 0 Å². The minimum absolute atomic E-state index is 0.107. The van der Waals surface area contributed by atoms with Crippen molar-refractivity contribution in [3.8, 4) is 0 Å². The van der Waals surface area contributed by atoms with Crippen LogP contribution in [0.25, 0.3) is 0 Å². The summed E-state index contributed by atoms with van der Waals surface area (Å²) in [5.41, 5.74) is 1.69. The van der Waals surface area contributed by atoms with Gasteiger partial charge >= 0.3 is 6.03 Å². The van der Waals surface area contributed by atoms with Crippen LogP contribution < -0.4 is 16.0 Å². The minimum Gasteiger partial charge on any atom is -0.338 e. The van der Waals surface area contributed by atoms with Gasteiger partial charge in [0.05, 0.1) is 6.04 Å². The van der Waals surface area contributed by atoms with E-state index in [1.165, 1.54) is 32.9 Å². The van der Waals surface area contributed by atoms with E-state index in [0.29, 0.717) is 6.54 Å². The molecule has 0 aromatic heterocycles. The van der Waals surface area contributed by atoms with Crippen LogP contribution in [0.15, 0.2) is 24.3 Å². The van der Waals surface area contributed by atoms with E-state index in [1.807, 2.05) is 31.2 Å². The molecule has 1 aromatic carbocycles. The lowest BCUT2D eigenvalue weighted by Crippen LogP contribution is -2.38. The Balaban J connectivity index is 1.63. The number of benzene rings is 1. The quantitative estimate of drug-likeness (QED) is 0.610. The summed E-state index contributed by atoms with van der Waals surface area (Å²) in [6.07, 6.45) is 4.72. The third-order valence-electron chi connectivity index (χ3n) is 5.12.